The van der Waals surface area contributed by atoms with Crippen LogP contribution < -0.4 is 5.32 Å². The van der Waals surface area contributed by atoms with Crippen molar-refractivity contribution in [2.24, 2.45) is 5.41 Å². The largest absolute Gasteiger partial charge is 0.481 e. The molecule has 148 valence electrons. The average molecular weight is 383 g/mol. The molecule has 2 aliphatic rings. The number of carboxylic acid groups (broad SMARTS) is 1. The Kier molecular flexibility index (Phi) is 5.76. The van der Waals surface area contributed by atoms with Crippen molar-refractivity contribution in [2.45, 2.75) is 31.1 Å². The number of aliphatic carboxylic acids is 1. The van der Waals surface area contributed by atoms with Crippen LogP contribution in [0.5, 0.6) is 0 Å². The Hall–Kier alpha value is -2.06. The number of benzene rings is 1. The van der Waals surface area contributed by atoms with E-state index in [0.717, 1.165) is 12.1 Å². The standard InChI is InChI=1S/C19H23F2NO5/c20-13-1-2-14(15(21)11-13)19(5-9-27-10-6-19)16(23)22-12-18(17(24)25)3-7-26-8-4-18/h1-2,11H,3-10,12H2,(H,22,23)(H,24,25). The third-order valence-electron chi connectivity index (χ3n) is 5.72. The van der Waals surface area contributed by atoms with E-state index in [1.165, 1.54) is 6.07 Å². The van der Waals surface area contributed by atoms with Crippen LogP contribution >= 0.6 is 0 Å². The first-order valence-electron chi connectivity index (χ1n) is 9.02. The molecule has 27 heavy (non-hydrogen) atoms. The van der Waals surface area contributed by atoms with E-state index in [1.807, 2.05) is 0 Å². The molecule has 0 atom stereocenters. The number of hydrogen-bond acceptors (Lipinski definition) is 4. The summed E-state index contributed by atoms with van der Waals surface area (Å²) >= 11 is 0. The normalized spacial score (nSPS) is 21.4. The molecular weight excluding hydrogens is 360 g/mol. The molecule has 1 aromatic carbocycles. The monoisotopic (exact) mass is 383 g/mol. The number of amides is 1. The van der Waals surface area contributed by atoms with Crippen LogP contribution in [-0.4, -0.2) is 50.0 Å². The fraction of sp³-hybridized carbons (Fsp3) is 0.579. The lowest BCUT2D eigenvalue weighted by molar-refractivity contribution is -0.155. The number of carboxylic acids is 1. The summed E-state index contributed by atoms with van der Waals surface area (Å²) in [6.45, 7) is 1.10. The zero-order valence-corrected chi connectivity index (χ0v) is 14.9. The van der Waals surface area contributed by atoms with E-state index >= 15 is 0 Å². The summed E-state index contributed by atoms with van der Waals surface area (Å²) in [5.41, 5.74) is -2.19. The molecule has 2 heterocycles. The van der Waals surface area contributed by atoms with Crippen LogP contribution in [0.15, 0.2) is 18.2 Å². The van der Waals surface area contributed by atoms with Gasteiger partial charge in [-0.3, -0.25) is 9.59 Å². The highest BCUT2D eigenvalue weighted by molar-refractivity contribution is 5.89. The second-order valence-corrected chi connectivity index (χ2v) is 7.20. The molecule has 0 saturated carbocycles. The highest BCUT2D eigenvalue weighted by atomic mass is 19.1. The molecule has 2 aliphatic heterocycles. The molecule has 0 aromatic heterocycles. The predicted molar refractivity (Wildman–Crippen MR) is 91.2 cm³/mol. The van der Waals surface area contributed by atoms with Crippen molar-refractivity contribution in [3.05, 3.63) is 35.4 Å². The van der Waals surface area contributed by atoms with Gasteiger partial charge >= 0.3 is 5.97 Å². The number of nitrogens with one attached hydrogen (secondary N) is 1. The van der Waals surface area contributed by atoms with Gasteiger partial charge in [-0.25, -0.2) is 8.78 Å². The van der Waals surface area contributed by atoms with E-state index in [9.17, 15) is 23.5 Å². The van der Waals surface area contributed by atoms with Gasteiger partial charge in [-0.15, -0.1) is 0 Å². The number of carbonyl (C=O) groups is 2. The molecule has 0 spiro atoms. The Balaban J connectivity index is 1.85. The van der Waals surface area contributed by atoms with Gasteiger partial charge in [0.1, 0.15) is 11.6 Å². The summed E-state index contributed by atoms with van der Waals surface area (Å²) in [7, 11) is 0. The topological polar surface area (TPSA) is 84.9 Å². The number of hydrogen-bond donors (Lipinski definition) is 2. The average Bonchev–Trinajstić information content (AvgIpc) is 2.67. The molecule has 6 nitrogen and oxygen atoms in total. The van der Waals surface area contributed by atoms with E-state index in [4.69, 9.17) is 9.47 Å². The van der Waals surface area contributed by atoms with E-state index in [-0.39, 0.29) is 38.2 Å². The fourth-order valence-corrected chi connectivity index (χ4v) is 3.86. The summed E-state index contributed by atoms with van der Waals surface area (Å²) in [5.74, 6) is -2.94. The Morgan fingerprint density at radius 2 is 1.63 bits per heavy atom. The summed E-state index contributed by atoms with van der Waals surface area (Å²) < 4.78 is 38.4. The highest BCUT2D eigenvalue weighted by Crippen LogP contribution is 2.38. The van der Waals surface area contributed by atoms with Crippen LogP contribution in [0.2, 0.25) is 0 Å². The minimum atomic E-state index is -1.21. The maximum absolute atomic E-state index is 14.5. The van der Waals surface area contributed by atoms with Crippen LogP contribution in [-0.2, 0) is 24.5 Å². The summed E-state index contributed by atoms with van der Waals surface area (Å²) in [6, 6.07) is 3.17. The Morgan fingerprint density at radius 3 is 2.19 bits per heavy atom. The molecule has 2 fully saturated rings. The zero-order valence-electron chi connectivity index (χ0n) is 14.9. The molecular formula is C19H23F2NO5. The van der Waals surface area contributed by atoms with Crippen molar-refractivity contribution in [3.63, 3.8) is 0 Å². The molecule has 0 unspecified atom stereocenters. The van der Waals surface area contributed by atoms with Crippen LogP contribution in [0.1, 0.15) is 31.2 Å². The van der Waals surface area contributed by atoms with E-state index in [0.29, 0.717) is 26.1 Å². The number of halogens is 2. The lowest BCUT2D eigenvalue weighted by atomic mass is 9.72. The molecule has 1 aromatic rings. The molecule has 0 aliphatic carbocycles. The first-order chi connectivity index (χ1) is 12.9. The van der Waals surface area contributed by atoms with Gasteiger partial charge in [-0.1, -0.05) is 6.07 Å². The Bertz CT molecular complexity index is 712. The molecule has 2 saturated heterocycles. The summed E-state index contributed by atoms with van der Waals surface area (Å²) in [6.07, 6.45) is 1.07. The van der Waals surface area contributed by atoms with Gasteiger partial charge in [0.15, 0.2) is 0 Å². The highest BCUT2D eigenvalue weighted by Gasteiger charge is 2.46. The van der Waals surface area contributed by atoms with E-state index in [1.54, 1.807) is 0 Å². The quantitative estimate of drug-likeness (QED) is 0.813. The van der Waals surface area contributed by atoms with Gasteiger partial charge in [-0.05, 0) is 31.7 Å². The van der Waals surface area contributed by atoms with Crippen molar-refractivity contribution in [3.8, 4) is 0 Å². The molecule has 3 rings (SSSR count). The minimum absolute atomic E-state index is 0.0596. The van der Waals surface area contributed by atoms with E-state index < -0.39 is 34.3 Å². The minimum Gasteiger partial charge on any atom is -0.481 e. The Labute approximate surface area is 155 Å². The van der Waals surface area contributed by atoms with Gasteiger partial charge < -0.3 is 19.9 Å². The van der Waals surface area contributed by atoms with Gasteiger partial charge in [0, 0.05) is 44.6 Å². The third kappa shape index (κ3) is 3.82. The van der Waals surface area contributed by atoms with Crippen LogP contribution in [0.4, 0.5) is 8.78 Å². The van der Waals surface area contributed by atoms with Gasteiger partial charge in [0.05, 0.1) is 10.8 Å². The van der Waals surface area contributed by atoms with E-state index in [2.05, 4.69) is 5.32 Å². The zero-order chi connectivity index (χ0) is 19.5. The molecule has 0 bridgehead atoms. The SMILES string of the molecule is O=C(O)C1(CNC(=O)C2(c3ccc(F)cc3F)CCOCC2)CCOCC1. The summed E-state index contributed by atoms with van der Waals surface area (Å²) in [5, 5.41) is 12.4. The maximum Gasteiger partial charge on any atom is 0.311 e. The van der Waals surface area contributed by atoms with Gasteiger partial charge in [0.25, 0.3) is 0 Å². The molecule has 8 heteroatoms. The lowest BCUT2D eigenvalue weighted by Gasteiger charge is -2.38. The first kappa shape index (κ1) is 19.7. The predicted octanol–water partition coefficient (Wildman–Crippen LogP) is 2.01. The van der Waals surface area contributed by atoms with Crippen molar-refractivity contribution in [2.75, 3.05) is 33.0 Å². The van der Waals surface area contributed by atoms with Crippen molar-refractivity contribution in [1.29, 1.82) is 0 Å². The number of carbonyl (C=O) groups excluding carboxylic acids is 1. The van der Waals surface area contributed by atoms with Gasteiger partial charge in [0.2, 0.25) is 5.91 Å². The fourth-order valence-electron chi connectivity index (χ4n) is 3.86. The second-order valence-electron chi connectivity index (χ2n) is 7.20. The maximum atomic E-state index is 14.5. The smallest absolute Gasteiger partial charge is 0.311 e. The van der Waals surface area contributed by atoms with Crippen molar-refractivity contribution in [1.82, 2.24) is 5.32 Å². The molecule has 1 amide bonds. The second kappa shape index (κ2) is 7.90. The number of ether oxygens (including phenoxy) is 2. The van der Waals surface area contributed by atoms with Gasteiger partial charge in [-0.2, -0.15) is 0 Å². The van der Waals surface area contributed by atoms with Crippen LogP contribution in [0, 0.1) is 17.0 Å². The Morgan fingerprint density at radius 1 is 1.04 bits per heavy atom. The van der Waals surface area contributed by atoms with Crippen molar-refractivity contribution >= 4 is 11.9 Å². The third-order valence-corrected chi connectivity index (χ3v) is 5.72. The van der Waals surface area contributed by atoms with Crippen molar-refractivity contribution < 1.29 is 33.0 Å². The lowest BCUT2D eigenvalue weighted by Crippen LogP contribution is -2.53. The summed E-state index contributed by atoms with van der Waals surface area (Å²) in [4.78, 5) is 24.9. The van der Waals surface area contributed by atoms with Crippen LogP contribution in [0.25, 0.3) is 0 Å². The first-order valence-corrected chi connectivity index (χ1v) is 9.02. The number of rotatable bonds is 5. The van der Waals surface area contributed by atoms with Crippen LogP contribution in [0.3, 0.4) is 0 Å². The molecule has 2 N–H and O–H groups in total. The molecule has 0 radical (unpaired) electrons.